The Morgan fingerprint density at radius 2 is 1.00 bits per heavy atom. The molecule has 0 aromatic carbocycles. The van der Waals surface area contributed by atoms with Gasteiger partial charge in [0, 0.05) is 7.11 Å². The molecule has 17 atom stereocenters. The molecule has 4 heterocycles. The van der Waals surface area contributed by atoms with Gasteiger partial charge in [0.05, 0.1) is 32.5 Å². The van der Waals surface area contributed by atoms with E-state index >= 15 is 0 Å². The van der Waals surface area contributed by atoms with E-state index in [4.69, 9.17) is 43.6 Å². The van der Waals surface area contributed by atoms with Crippen molar-refractivity contribution in [3.05, 3.63) is 0 Å². The van der Waals surface area contributed by atoms with E-state index < -0.39 is 124 Å². The number of aliphatic hydroxyl groups excluding tert-OH is 9. The Kier molecular flexibility index (Phi) is 11.0. The fourth-order valence-corrected chi connectivity index (χ4v) is 5.03. The number of rotatable bonds is 11. The molecule has 0 aromatic rings. The van der Waals surface area contributed by atoms with Crippen LogP contribution in [-0.4, -0.2) is 184 Å². The molecule has 0 unspecified atom stereocenters. The number of ether oxygens (including phenoxy) is 8. The van der Waals surface area contributed by atoms with E-state index in [-0.39, 0.29) is 6.61 Å². The third kappa shape index (κ3) is 6.30. The summed E-state index contributed by atoms with van der Waals surface area (Å²) in [5.41, 5.74) is 6.01. The monoisotopic (exact) mass is 589 g/mol. The van der Waals surface area contributed by atoms with Crippen LogP contribution >= 0.6 is 0 Å². The first-order valence-electron chi connectivity index (χ1n) is 12.8. The number of hydrogen-bond acceptors (Lipinski definition) is 18. The van der Waals surface area contributed by atoms with Gasteiger partial charge >= 0.3 is 0 Å². The SMILES string of the molecule is CO[C@H]1O[C@H](CO[C@H]2O[C@H](CO)[C@@H](O)[C@@H]2O)[C@@H](O[C@H]2O[C@H](CO)[C@@H](O)[C@@H]2O)[C@@H]1O[C@H]1O[C@H](CO)[C@H](O)[C@H](O)[C@H]1N. The van der Waals surface area contributed by atoms with Crippen LogP contribution in [0.15, 0.2) is 0 Å². The van der Waals surface area contributed by atoms with Crippen LogP contribution in [0.1, 0.15) is 0 Å². The van der Waals surface area contributed by atoms with Gasteiger partial charge in [-0.1, -0.05) is 0 Å². The second kappa shape index (κ2) is 13.7. The van der Waals surface area contributed by atoms with E-state index in [2.05, 4.69) is 0 Å². The van der Waals surface area contributed by atoms with Gasteiger partial charge < -0.3 is 89.6 Å². The fraction of sp³-hybridized carbons (Fsp3) is 1.00. The summed E-state index contributed by atoms with van der Waals surface area (Å²) in [7, 11) is 1.27. The lowest BCUT2D eigenvalue weighted by Crippen LogP contribution is -2.63. The fourth-order valence-electron chi connectivity index (χ4n) is 5.03. The van der Waals surface area contributed by atoms with Gasteiger partial charge in [0.1, 0.15) is 73.2 Å². The van der Waals surface area contributed by atoms with E-state index in [0.29, 0.717) is 0 Å². The van der Waals surface area contributed by atoms with E-state index in [1.54, 1.807) is 0 Å². The highest BCUT2D eigenvalue weighted by molar-refractivity contribution is 4.97. The highest BCUT2D eigenvalue weighted by atomic mass is 16.8. The van der Waals surface area contributed by atoms with Gasteiger partial charge in [-0.25, -0.2) is 0 Å². The Bertz CT molecular complexity index is 796. The Labute approximate surface area is 228 Å². The van der Waals surface area contributed by atoms with Crippen LogP contribution in [0.4, 0.5) is 0 Å². The molecule has 0 aliphatic carbocycles. The molecule has 4 aliphatic heterocycles. The minimum absolute atomic E-state index is 0.385. The average molecular weight is 590 g/mol. The van der Waals surface area contributed by atoms with Crippen LogP contribution in [0, 0.1) is 0 Å². The lowest BCUT2D eigenvalue weighted by molar-refractivity contribution is -0.304. The van der Waals surface area contributed by atoms with Gasteiger partial charge in [-0.2, -0.15) is 0 Å². The summed E-state index contributed by atoms with van der Waals surface area (Å²) in [6, 6.07) is -1.29. The first-order valence-corrected chi connectivity index (χ1v) is 12.8. The highest BCUT2D eigenvalue weighted by Gasteiger charge is 2.55. The van der Waals surface area contributed by atoms with Crippen LogP contribution < -0.4 is 5.73 Å². The number of nitrogens with two attached hydrogens (primary N) is 1. The van der Waals surface area contributed by atoms with E-state index in [0.717, 1.165) is 0 Å². The summed E-state index contributed by atoms with van der Waals surface area (Å²) in [4.78, 5) is 0. The summed E-state index contributed by atoms with van der Waals surface area (Å²) in [5.74, 6) is 0. The van der Waals surface area contributed by atoms with Crippen molar-refractivity contribution in [1.82, 2.24) is 0 Å². The number of methoxy groups -OCH3 is 1. The molecular formula is C22H39NO17. The van der Waals surface area contributed by atoms with Crippen molar-refractivity contribution in [2.45, 2.75) is 104 Å². The van der Waals surface area contributed by atoms with E-state index in [1.165, 1.54) is 7.11 Å². The van der Waals surface area contributed by atoms with Crippen molar-refractivity contribution in [3.8, 4) is 0 Å². The maximum absolute atomic E-state index is 10.4. The van der Waals surface area contributed by atoms with Gasteiger partial charge in [0.25, 0.3) is 0 Å². The lowest BCUT2D eigenvalue weighted by Gasteiger charge is -2.42. The highest BCUT2D eigenvalue weighted by Crippen LogP contribution is 2.35. The molecule has 0 saturated carbocycles. The Hall–Kier alpha value is -0.720. The summed E-state index contributed by atoms with van der Waals surface area (Å²) in [6.07, 6.45) is -21.6. The molecule has 4 fully saturated rings. The molecule has 0 radical (unpaired) electrons. The second-order valence-corrected chi connectivity index (χ2v) is 10.0. The third-order valence-corrected chi connectivity index (χ3v) is 7.43. The van der Waals surface area contributed by atoms with Gasteiger partial charge in [0.15, 0.2) is 25.2 Å². The minimum atomic E-state index is -1.59. The van der Waals surface area contributed by atoms with Crippen molar-refractivity contribution in [2.24, 2.45) is 5.73 Å². The first kappa shape index (κ1) is 32.2. The molecule has 4 saturated heterocycles. The van der Waals surface area contributed by atoms with Crippen LogP contribution in [0.3, 0.4) is 0 Å². The normalized spacial score (nSPS) is 51.5. The maximum Gasteiger partial charge on any atom is 0.187 e. The van der Waals surface area contributed by atoms with E-state index in [9.17, 15) is 46.0 Å². The predicted molar refractivity (Wildman–Crippen MR) is 123 cm³/mol. The Morgan fingerprint density at radius 1 is 0.550 bits per heavy atom. The minimum Gasteiger partial charge on any atom is -0.394 e. The van der Waals surface area contributed by atoms with Crippen LogP contribution in [0.2, 0.25) is 0 Å². The van der Waals surface area contributed by atoms with Crippen molar-refractivity contribution in [2.75, 3.05) is 33.5 Å². The molecule has 0 aromatic heterocycles. The zero-order chi connectivity index (χ0) is 29.3. The molecular weight excluding hydrogens is 550 g/mol. The standard InChI is InChI=1S/C22H39NO17/c1-33-22-18(40-19-10(23)14(30)11(27)6(2-24)35-19)17(39-21-16(32)13(29)8(4-26)37-21)9(38-22)5-34-20-15(31)12(28)7(3-25)36-20/h6-22,24-32H,2-5,23H2,1H3/t6-,7-,8-,9-,10-,11+,12-,13-,14-,15+,16+,17-,18+,19-,20+,21-,22+/m1/s1. The predicted octanol–water partition coefficient (Wildman–Crippen LogP) is -7.21. The number of aliphatic hydroxyl groups is 9. The van der Waals surface area contributed by atoms with Gasteiger partial charge in [-0.3, -0.25) is 0 Å². The molecule has 0 bridgehead atoms. The molecule has 18 heteroatoms. The van der Waals surface area contributed by atoms with Crippen LogP contribution in [0.25, 0.3) is 0 Å². The second-order valence-electron chi connectivity index (χ2n) is 10.0. The Balaban J connectivity index is 1.53. The van der Waals surface area contributed by atoms with Crippen LogP contribution in [0.5, 0.6) is 0 Å². The van der Waals surface area contributed by atoms with E-state index in [1.807, 2.05) is 0 Å². The van der Waals surface area contributed by atoms with Crippen molar-refractivity contribution in [1.29, 1.82) is 0 Å². The lowest BCUT2D eigenvalue weighted by atomic mass is 9.97. The summed E-state index contributed by atoms with van der Waals surface area (Å²) in [6.45, 7) is -2.24. The van der Waals surface area contributed by atoms with Crippen LogP contribution in [-0.2, 0) is 37.9 Å². The van der Waals surface area contributed by atoms with Crippen molar-refractivity contribution < 1.29 is 83.9 Å². The third-order valence-electron chi connectivity index (χ3n) is 7.43. The van der Waals surface area contributed by atoms with Crippen molar-refractivity contribution in [3.63, 3.8) is 0 Å². The van der Waals surface area contributed by atoms with Gasteiger partial charge in [0.2, 0.25) is 0 Å². The first-order chi connectivity index (χ1) is 19.1. The molecule has 40 heavy (non-hydrogen) atoms. The zero-order valence-electron chi connectivity index (χ0n) is 21.5. The molecule has 4 rings (SSSR count). The zero-order valence-corrected chi connectivity index (χ0v) is 21.5. The molecule has 0 amide bonds. The summed E-state index contributed by atoms with van der Waals surface area (Å²) in [5, 5.41) is 89.5. The molecule has 18 nitrogen and oxygen atoms in total. The molecule has 0 spiro atoms. The smallest absolute Gasteiger partial charge is 0.187 e. The Morgan fingerprint density at radius 3 is 1.55 bits per heavy atom. The average Bonchev–Trinajstić information content (AvgIpc) is 3.53. The molecule has 4 aliphatic rings. The largest absolute Gasteiger partial charge is 0.394 e. The summed E-state index contributed by atoms with van der Waals surface area (Å²) >= 11 is 0. The quantitative estimate of drug-likeness (QED) is 0.107. The van der Waals surface area contributed by atoms with Gasteiger partial charge in [-0.05, 0) is 0 Å². The van der Waals surface area contributed by atoms with Gasteiger partial charge in [-0.15, -0.1) is 0 Å². The van der Waals surface area contributed by atoms with Crippen molar-refractivity contribution >= 4 is 0 Å². The molecule has 234 valence electrons. The summed E-state index contributed by atoms with van der Waals surface area (Å²) < 4.78 is 45.0. The maximum atomic E-state index is 10.4. The topological polar surface area (TPSA) is 282 Å². The number of hydrogen-bond donors (Lipinski definition) is 10. The molecule has 11 N–H and O–H groups in total.